The van der Waals surface area contributed by atoms with Crippen LogP contribution in [0.4, 0.5) is 11.4 Å². The van der Waals surface area contributed by atoms with Gasteiger partial charge in [0.1, 0.15) is 0 Å². The maximum Gasteiger partial charge on any atom is 0.270 e. The van der Waals surface area contributed by atoms with Crippen molar-refractivity contribution in [2.75, 3.05) is 5.32 Å². The number of aryl methyl sites for hydroxylation is 2. The van der Waals surface area contributed by atoms with Gasteiger partial charge in [0.05, 0.1) is 4.92 Å². The first kappa shape index (κ1) is 19.0. The summed E-state index contributed by atoms with van der Waals surface area (Å²) in [5.41, 5.74) is 4.48. The van der Waals surface area contributed by atoms with Crippen molar-refractivity contribution in [1.82, 2.24) is 0 Å². The van der Waals surface area contributed by atoms with Gasteiger partial charge in [-0.1, -0.05) is 54.6 Å². The van der Waals surface area contributed by atoms with Crippen molar-refractivity contribution < 1.29 is 9.72 Å². The van der Waals surface area contributed by atoms with E-state index >= 15 is 0 Å². The summed E-state index contributed by atoms with van der Waals surface area (Å²) in [6.07, 6.45) is 1.67. The number of hydrogen-bond donors (Lipinski definition) is 1. The maximum atomic E-state index is 13.1. The Balaban J connectivity index is 2.02. The quantitative estimate of drug-likeness (QED) is 0.282. The second-order valence-electron chi connectivity index (χ2n) is 6.55. The van der Waals surface area contributed by atoms with Crippen molar-refractivity contribution in [3.63, 3.8) is 0 Å². The molecule has 0 saturated heterocycles. The fourth-order valence-electron chi connectivity index (χ4n) is 2.85. The fraction of sp³-hybridized carbons (Fsp3) is 0.0870. The average molecular weight is 372 g/mol. The van der Waals surface area contributed by atoms with Crippen molar-refractivity contribution in [1.29, 1.82) is 0 Å². The number of nitrogens with one attached hydrogen (secondary N) is 1. The van der Waals surface area contributed by atoms with Gasteiger partial charge in [-0.15, -0.1) is 0 Å². The molecule has 0 aliphatic carbocycles. The Morgan fingerprint density at radius 3 is 2.43 bits per heavy atom. The summed E-state index contributed by atoms with van der Waals surface area (Å²) in [4.78, 5) is 23.7. The first-order valence-electron chi connectivity index (χ1n) is 8.84. The largest absolute Gasteiger partial charge is 0.322 e. The molecule has 3 aromatic rings. The summed E-state index contributed by atoms with van der Waals surface area (Å²) in [7, 11) is 0. The van der Waals surface area contributed by atoms with Crippen LogP contribution in [0.1, 0.15) is 22.3 Å². The van der Waals surface area contributed by atoms with E-state index in [4.69, 9.17) is 0 Å². The smallest absolute Gasteiger partial charge is 0.270 e. The number of carbonyl (C=O) groups excluding carboxylic acids is 1. The minimum Gasteiger partial charge on any atom is -0.322 e. The number of nitro benzene ring substituents is 1. The Kier molecular flexibility index (Phi) is 5.65. The molecule has 0 heterocycles. The van der Waals surface area contributed by atoms with Crippen LogP contribution in [-0.2, 0) is 4.79 Å². The van der Waals surface area contributed by atoms with E-state index in [9.17, 15) is 14.9 Å². The highest BCUT2D eigenvalue weighted by Gasteiger charge is 2.14. The van der Waals surface area contributed by atoms with Crippen LogP contribution in [0.5, 0.6) is 0 Å². The van der Waals surface area contributed by atoms with E-state index in [-0.39, 0.29) is 11.6 Å². The molecule has 0 saturated carbocycles. The van der Waals surface area contributed by atoms with Crippen molar-refractivity contribution in [3.05, 3.63) is 105 Å². The molecule has 5 nitrogen and oxygen atoms in total. The first-order valence-corrected chi connectivity index (χ1v) is 8.84. The number of amides is 1. The Morgan fingerprint density at radius 2 is 1.71 bits per heavy atom. The number of carbonyl (C=O) groups is 1. The van der Waals surface area contributed by atoms with Gasteiger partial charge in [-0.05, 0) is 48.2 Å². The lowest BCUT2D eigenvalue weighted by Gasteiger charge is -2.12. The Morgan fingerprint density at radius 1 is 0.964 bits per heavy atom. The zero-order valence-electron chi connectivity index (χ0n) is 15.7. The molecule has 0 radical (unpaired) electrons. The lowest BCUT2D eigenvalue weighted by Crippen LogP contribution is -2.14. The number of non-ortho nitro benzene ring substituents is 1. The fourth-order valence-corrected chi connectivity index (χ4v) is 2.85. The minimum absolute atomic E-state index is 0.0175. The second-order valence-corrected chi connectivity index (χ2v) is 6.55. The number of rotatable bonds is 5. The molecule has 0 bridgehead atoms. The van der Waals surface area contributed by atoms with Gasteiger partial charge in [0.2, 0.25) is 0 Å². The predicted molar refractivity (Wildman–Crippen MR) is 112 cm³/mol. The summed E-state index contributed by atoms with van der Waals surface area (Å²) < 4.78 is 0. The molecule has 140 valence electrons. The molecule has 0 fully saturated rings. The van der Waals surface area contributed by atoms with Crippen LogP contribution >= 0.6 is 0 Å². The summed E-state index contributed by atoms with van der Waals surface area (Å²) in [6, 6.07) is 21.3. The number of nitro groups is 1. The van der Waals surface area contributed by atoms with Crippen LogP contribution in [0.2, 0.25) is 0 Å². The monoisotopic (exact) mass is 372 g/mol. The van der Waals surface area contributed by atoms with E-state index in [1.165, 1.54) is 12.1 Å². The van der Waals surface area contributed by atoms with E-state index in [0.717, 1.165) is 22.4 Å². The molecule has 1 N–H and O–H groups in total. The van der Waals surface area contributed by atoms with Crippen molar-refractivity contribution in [2.45, 2.75) is 13.8 Å². The van der Waals surface area contributed by atoms with Crippen LogP contribution in [0.15, 0.2) is 72.8 Å². The molecule has 0 atom stereocenters. The predicted octanol–water partition coefficient (Wildman–Crippen LogP) is 5.39. The average Bonchev–Trinajstić information content (AvgIpc) is 2.69. The molecule has 1 amide bonds. The summed E-state index contributed by atoms with van der Waals surface area (Å²) in [6.45, 7) is 3.90. The molecule has 0 aromatic heterocycles. The van der Waals surface area contributed by atoms with E-state index in [2.05, 4.69) is 5.32 Å². The lowest BCUT2D eigenvalue weighted by atomic mass is 10.0. The van der Waals surface area contributed by atoms with Gasteiger partial charge in [-0.25, -0.2) is 0 Å². The molecule has 3 aromatic carbocycles. The second kappa shape index (κ2) is 8.31. The molecule has 28 heavy (non-hydrogen) atoms. The van der Waals surface area contributed by atoms with Crippen LogP contribution in [0, 0.1) is 24.0 Å². The van der Waals surface area contributed by atoms with E-state index in [0.29, 0.717) is 11.1 Å². The minimum atomic E-state index is -0.449. The van der Waals surface area contributed by atoms with Crippen molar-refractivity contribution >= 4 is 28.9 Å². The van der Waals surface area contributed by atoms with Gasteiger partial charge in [0.15, 0.2) is 0 Å². The molecule has 5 heteroatoms. The van der Waals surface area contributed by atoms with Gasteiger partial charge < -0.3 is 5.32 Å². The zero-order chi connectivity index (χ0) is 20.1. The van der Waals surface area contributed by atoms with Crippen molar-refractivity contribution in [3.8, 4) is 0 Å². The van der Waals surface area contributed by atoms with Crippen LogP contribution in [0.25, 0.3) is 11.6 Å². The highest BCUT2D eigenvalue weighted by atomic mass is 16.6. The normalized spacial score (nSPS) is 11.1. The van der Waals surface area contributed by atoms with Crippen molar-refractivity contribution in [2.24, 2.45) is 0 Å². The zero-order valence-corrected chi connectivity index (χ0v) is 15.7. The Labute approximate surface area is 163 Å². The molecule has 0 aliphatic heterocycles. The van der Waals surface area contributed by atoms with E-state index in [1.807, 2.05) is 62.4 Å². The number of hydrogen-bond acceptors (Lipinski definition) is 3. The lowest BCUT2D eigenvalue weighted by molar-refractivity contribution is -0.384. The highest BCUT2D eigenvalue weighted by molar-refractivity contribution is 6.29. The van der Waals surface area contributed by atoms with Crippen LogP contribution in [0.3, 0.4) is 0 Å². The number of anilines is 1. The Hall–Kier alpha value is -3.73. The van der Waals surface area contributed by atoms with E-state index in [1.54, 1.807) is 18.2 Å². The SMILES string of the molecule is Cc1ccc(C)c(NC(=O)C(=Cc2cccc([N+](=O)[O-])c2)c2ccccc2)c1. The van der Waals surface area contributed by atoms with Gasteiger partial charge in [-0.2, -0.15) is 0 Å². The topological polar surface area (TPSA) is 72.2 Å². The van der Waals surface area contributed by atoms with Crippen LogP contribution < -0.4 is 5.32 Å². The molecular weight excluding hydrogens is 352 g/mol. The highest BCUT2D eigenvalue weighted by Crippen LogP contribution is 2.24. The van der Waals surface area contributed by atoms with Gasteiger partial charge in [-0.3, -0.25) is 14.9 Å². The summed E-state index contributed by atoms with van der Waals surface area (Å²) >= 11 is 0. The molecule has 3 rings (SSSR count). The van der Waals surface area contributed by atoms with Crippen LogP contribution in [-0.4, -0.2) is 10.8 Å². The molecule has 0 unspecified atom stereocenters. The molecule has 0 spiro atoms. The maximum absolute atomic E-state index is 13.1. The number of nitrogens with zero attached hydrogens (tertiary/aromatic N) is 1. The summed E-state index contributed by atoms with van der Waals surface area (Å²) in [5, 5.41) is 14.0. The molecule has 0 aliphatic rings. The van der Waals surface area contributed by atoms with E-state index < -0.39 is 4.92 Å². The number of benzene rings is 3. The first-order chi connectivity index (χ1) is 13.4. The van der Waals surface area contributed by atoms with Gasteiger partial charge in [0, 0.05) is 23.4 Å². The third kappa shape index (κ3) is 4.51. The third-order valence-corrected chi connectivity index (χ3v) is 4.36. The standard InChI is InChI=1S/C23H20N2O3/c1-16-11-12-17(2)22(13-16)24-23(26)21(19-8-4-3-5-9-19)15-18-7-6-10-20(14-18)25(27)28/h3-15H,1-2H3,(H,24,26). The Bertz CT molecular complexity index is 1060. The summed E-state index contributed by atoms with van der Waals surface area (Å²) in [5.74, 6) is -0.272. The molecular formula is C23H20N2O3. The van der Waals surface area contributed by atoms with Gasteiger partial charge in [0.25, 0.3) is 11.6 Å². The van der Waals surface area contributed by atoms with Gasteiger partial charge >= 0.3 is 0 Å². The third-order valence-electron chi connectivity index (χ3n) is 4.36.